The van der Waals surface area contributed by atoms with Gasteiger partial charge in [-0.3, -0.25) is 0 Å². The lowest BCUT2D eigenvalue weighted by Crippen LogP contribution is -1.91. The van der Waals surface area contributed by atoms with Crippen molar-refractivity contribution >= 4 is 54.3 Å². The summed E-state index contributed by atoms with van der Waals surface area (Å²) < 4.78 is 0. The minimum Gasteiger partial charge on any atom is -0.248 e. The maximum atomic E-state index is 5.07. The van der Waals surface area contributed by atoms with Gasteiger partial charge in [0.25, 0.3) is 0 Å². The summed E-state index contributed by atoms with van der Waals surface area (Å²) in [6.07, 6.45) is 0. The molecular weight excluding hydrogens is 534 g/mol. The number of fused-ring (bicyclic) bond motifs is 6. The molecule has 0 aliphatic rings. The van der Waals surface area contributed by atoms with Gasteiger partial charge in [-0.25, -0.2) is 15.0 Å². The molecule has 0 unspecified atom stereocenters. The maximum absolute atomic E-state index is 5.07. The number of hydrogen-bond donors (Lipinski definition) is 0. The molecule has 3 nitrogen and oxygen atoms in total. The van der Waals surface area contributed by atoms with Gasteiger partial charge >= 0.3 is 0 Å². The van der Waals surface area contributed by atoms with Gasteiger partial charge in [0.05, 0.1) is 33.6 Å². The van der Waals surface area contributed by atoms with Gasteiger partial charge in [0.2, 0.25) is 0 Å². The molecule has 3 aromatic heterocycles. The van der Waals surface area contributed by atoms with E-state index in [9.17, 15) is 0 Å². The Kier molecular flexibility index (Phi) is 5.50. The highest BCUT2D eigenvalue weighted by Gasteiger charge is 2.10. The van der Waals surface area contributed by atoms with Crippen molar-refractivity contribution in [3.63, 3.8) is 0 Å². The standard InChI is InChI=1S/C41H25N3/c1-2-7-30-23-33(14-9-26(30)5-1)37-20-18-34-24-31(17-19-36(34)42-37)32-13-11-28-15-21-38(43-40(28)25-32)39-22-16-29-12-10-27-6-3-4-8-35(27)41(29)44-39/h1-25H. The summed E-state index contributed by atoms with van der Waals surface area (Å²) >= 11 is 0. The van der Waals surface area contributed by atoms with Crippen LogP contribution in [0.25, 0.3) is 88.0 Å². The second kappa shape index (κ2) is 9.82. The quantitative estimate of drug-likeness (QED) is 0.202. The van der Waals surface area contributed by atoms with Gasteiger partial charge in [-0.15, -0.1) is 0 Å². The Labute approximate surface area is 254 Å². The second-order valence-electron chi connectivity index (χ2n) is 11.3. The molecule has 0 N–H and O–H groups in total. The fourth-order valence-electron chi connectivity index (χ4n) is 6.25. The first kappa shape index (κ1) is 24.6. The smallest absolute Gasteiger partial charge is 0.0894 e. The van der Waals surface area contributed by atoms with E-state index in [1.807, 2.05) is 0 Å². The molecule has 0 saturated heterocycles. The van der Waals surface area contributed by atoms with E-state index < -0.39 is 0 Å². The van der Waals surface area contributed by atoms with Crippen LogP contribution >= 0.6 is 0 Å². The van der Waals surface area contributed by atoms with Crippen molar-refractivity contribution in [2.75, 3.05) is 0 Å². The molecule has 0 saturated carbocycles. The molecular formula is C41H25N3. The first-order valence-corrected chi connectivity index (χ1v) is 14.9. The van der Waals surface area contributed by atoms with Crippen molar-refractivity contribution in [3.8, 4) is 33.8 Å². The number of hydrogen-bond acceptors (Lipinski definition) is 3. The van der Waals surface area contributed by atoms with E-state index in [2.05, 4.69) is 152 Å². The summed E-state index contributed by atoms with van der Waals surface area (Å²) in [6.45, 7) is 0. The summed E-state index contributed by atoms with van der Waals surface area (Å²) in [5.74, 6) is 0. The molecule has 3 heterocycles. The van der Waals surface area contributed by atoms with Crippen molar-refractivity contribution < 1.29 is 0 Å². The van der Waals surface area contributed by atoms with Crippen LogP contribution in [-0.4, -0.2) is 15.0 Å². The first-order valence-electron chi connectivity index (χ1n) is 14.9. The molecule has 0 aliphatic carbocycles. The van der Waals surface area contributed by atoms with Crippen molar-refractivity contribution in [1.29, 1.82) is 0 Å². The molecule has 0 amide bonds. The fourth-order valence-corrected chi connectivity index (χ4v) is 6.25. The molecule has 6 aromatic carbocycles. The molecule has 9 rings (SSSR count). The van der Waals surface area contributed by atoms with Gasteiger partial charge < -0.3 is 0 Å². The topological polar surface area (TPSA) is 38.7 Å². The number of rotatable bonds is 3. The monoisotopic (exact) mass is 559 g/mol. The predicted octanol–water partition coefficient (Wildman–Crippen LogP) is 10.6. The van der Waals surface area contributed by atoms with Crippen LogP contribution in [0.4, 0.5) is 0 Å². The fraction of sp³-hybridized carbons (Fsp3) is 0. The predicted molar refractivity (Wildman–Crippen MR) is 184 cm³/mol. The Bertz CT molecular complexity index is 2570. The third kappa shape index (κ3) is 4.18. The van der Waals surface area contributed by atoms with E-state index in [-0.39, 0.29) is 0 Å². The largest absolute Gasteiger partial charge is 0.248 e. The Morgan fingerprint density at radius 1 is 0.295 bits per heavy atom. The lowest BCUT2D eigenvalue weighted by molar-refractivity contribution is 1.32. The molecule has 0 atom stereocenters. The molecule has 204 valence electrons. The third-order valence-corrected chi connectivity index (χ3v) is 8.61. The summed E-state index contributed by atoms with van der Waals surface area (Å²) in [5, 5.41) is 8.15. The molecule has 0 fully saturated rings. The highest BCUT2D eigenvalue weighted by Crippen LogP contribution is 2.31. The van der Waals surface area contributed by atoms with E-state index in [1.54, 1.807) is 0 Å². The van der Waals surface area contributed by atoms with Crippen molar-refractivity contribution in [1.82, 2.24) is 15.0 Å². The zero-order chi connectivity index (χ0) is 29.0. The van der Waals surface area contributed by atoms with Gasteiger partial charge in [0, 0.05) is 27.1 Å². The van der Waals surface area contributed by atoms with Crippen LogP contribution < -0.4 is 0 Å². The molecule has 44 heavy (non-hydrogen) atoms. The van der Waals surface area contributed by atoms with E-state index in [1.165, 1.54) is 16.2 Å². The van der Waals surface area contributed by atoms with Crippen molar-refractivity contribution in [2.45, 2.75) is 0 Å². The lowest BCUT2D eigenvalue weighted by atomic mass is 10.0. The number of aromatic nitrogens is 3. The SMILES string of the molecule is c1ccc2cc(-c3ccc4cc(-c5ccc6ccc(-c7ccc8ccc9ccccc9c8n7)nc6c5)ccc4n3)ccc2c1. The van der Waals surface area contributed by atoms with Crippen LogP contribution in [0, 0.1) is 0 Å². The lowest BCUT2D eigenvalue weighted by Gasteiger charge is -2.09. The Morgan fingerprint density at radius 3 is 1.80 bits per heavy atom. The van der Waals surface area contributed by atoms with E-state index in [4.69, 9.17) is 15.0 Å². The van der Waals surface area contributed by atoms with Gasteiger partial charge in [-0.05, 0) is 69.8 Å². The van der Waals surface area contributed by atoms with Gasteiger partial charge in [0.15, 0.2) is 0 Å². The van der Waals surface area contributed by atoms with Crippen LogP contribution in [0.5, 0.6) is 0 Å². The number of benzene rings is 6. The highest BCUT2D eigenvalue weighted by molar-refractivity contribution is 6.05. The molecule has 3 heteroatoms. The Hall–Kier alpha value is -5.93. The Morgan fingerprint density at radius 2 is 0.864 bits per heavy atom. The summed E-state index contributed by atoms with van der Waals surface area (Å²) in [4.78, 5) is 15.1. The number of nitrogens with zero attached hydrogens (tertiary/aromatic N) is 3. The zero-order valence-electron chi connectivity index (χ0n) is 23.8. The van der Waals surface area contributed by atoms with Crippen LogP contribution in [0.2, 0.25) is 0 Å². The van der Waals surface area contributed by atoms with Crippen molar-refractivity contribution in [2.24, 2.45) is 0 Å². The van der Waals surface area contributed by atoms with Gasteiger partial charge in [0.1, 0.15) is 0 Å². The average molecular weight is 560 g/mol. The molecule has 0 spiro atoms. The minimum atomic E-state index is 0.869. The maximum Gasteiger partial charge on any atom is 0.0894 e. The van der Waals surface area contributed by atoms with E-state index in [0.717, 1.165) is 71.9 Å². The Balaban J connectivity index is 1.08. The first-order chi connectivity index (χ1) is 21.7. The van der Waals surface area contributed by atoms with E-state index >= 15 is 0 Å². The summed E-state index contributed by atoms with van der Waals surface area (Å²) in [7, 11) is 0. The van der Waals surface area contributed by atoms with Crippen LogP contribution in [0.3, 0.4) is 0 Å². The van der Waals surface area contributed by atoms with Gasteiger partial charge in [-0.1, -0.05) is 109 Å². The third-order valence-electron chi connectivity index (χ3n) is 8.61. The molecule has 9 aromatic rings. The molecule has 0 bridgehead atoms. The summed E-state index contributed by atoms with van der Waals surface area (Å²) in [6, 6.07) is 53.3. The normalized spacial score (nSPS) is 11.6. The number of pyridine rings is 3. The molecule has 0 radical (unpaired) electrons. The molecule has 0 aliphatic heterocycles. The van der Waals surface area contributed by atoms with E-state index in [0.29, 0.717) is 0 Å². The van der Waals surface area contributed by atoms with Crippen molar-refractivity contribution in [3.05, 3.63) is 152 Å². The van der Waals surface area contributed by atoms with Crippen LogP contribution in [-0.2, 0) is 0 Å². The van der Waals surface area contributed by atoms with Crippen LogP contribution in [0.1, 0.15) is 0 Å². The second-order valence-corrected chi connectivity index (χ2v) is 11.3. The van der Waals surface area contributed by atoms with Crippen LogP contribution in [0.15, 0.2) is 152 Å². The zero-order valence-corrected chi connectivity index (χ0v) is 23.8. The van der Waals surface area contributed by atoms with Gasteiger partial charge in [-0.2, -0.15) is 0 Å². The minimum absolute atomic E-state index is 0.869. The summed E-state index contributed by atoms with van der Waals surface area (Å²) in [5.41, 5.74) is 9.05. The highest BCUT2D eigenvalue weighted by atomic mass is 14.8. The average Bonchev–Trinajstić information content (AvgIpc) is 3.10.